The molecule has 1 amide bonds. The zero-order valence-corrected chi connectivity index (χ0v) is 16.9. The summed E-state index contributed by atoms with van der Waals surface area (Å²) in [5, 5.41) is 3.86. The van der Waals surface area contributed by atoms with Crippen molar-refractivity contribution in [1.82, 2.24) is 14.5 Å². The Bertz CT molecular complexity index is 1170. The van der Waals surface area contributed by atoms with E-state index < -0.39 is 11.2 Å². The van der Waals surface area contributed by atoms with Crippen LogP contribution in [0.15, 0.2) is 52.1 Å². The van der Waals surface area contributed by atoms with Crippen molar-refractivity contribution in [3.63, 3.8) is 0 Å². The zero-order valence-electron chi connectivity index (χ0n) is 15.4. The summed E-state index contributed by atoms with van der Waals surface area (Å²) in [5.41, 5.74) is -0.505. The van der Waals surface area contributed by atoms with E-state index in [9.17, 15) is 14.4 Å². The number of hydrogen-bond acceptors (Lipinski definition) is 3. The number of hydrogen-bond donors (Lipinski definition) is 1. The van der Waals surface area contributed by atoms with Crippen molar-refractivity contribution in [2.75, 3.05) is 0 Å². The summed E-state index contributed by atoms with van der Waals surface area (Å²) in [6, 6.07) is 11.0. The van der Waals surface area contributed by atoms with Gasteiger partial charge in [-0.2, -0.15) is 0 Å². The van der Waals surface area contributed by atoms with E-state index in [2.05, 4.69) is 5.32 Å². The minimum absolute atomic E-state index is 0.0307. The molecule has 6 nitrogen and oxygen atoms in total. The molecule has 2 aromatic carbocycles. The van der Waals surface area contributed by atoms with Gasteiger partial charge in [0.25, 0.3) is 5.56 Å². The van der Waals surface area contributed by atoms with Crippen LogP contribution in [-0.2, 0) is 11.3 Å². The monoisotopic (exact) mass is 419 g/mol. The molecule has 0 radical (unpaired) electrons. The molecule has 0 unspecified atom stereocenters. The van der Waals surface area contributed by atoms with Gasteiger partial charge < -0.3 is 5.32 Å². The SMILES string of the molecule is CC[C@@H](C)NC(=O)Cn1c(=O)n(-c2cccc(Cl)c2)c(=O)c2ccc(Cl)cc21. The molecule has 1 atom stereocenters. The zero-order chi connectivity index (χ0) is 20.4. The van der Waals surface area contributed by atoms with E-state index in [-0.39, 0.29) is 23.9 Å². The first-order valence-corrected chi connectivity index (χ1v) is 9.57. The van der Waals surface area contributed by atoms with Crippen molar-refractivity contribution in [2.45, 2.75) is 32.9 Å². The largest absolute Gasteiger partial charge is 0.352 e. The Kier molecular flexibility index (Phi) is 5.91. The molecule has 1 N–H and O–H groups in total. The van der Waals surface area contributed by atoms with Gasteiger partial charge in [0.15, 0.2) is 0 Å². The predicted octanol–water partition coefficient (Wildman–Crippen LogP) is 3.37. The number of carbonyl (C=O) groups excluding carboxylic acids is 1. The molecule has 0 aliphatic rings. The maximum Gasteiger partial charge on any atom is 0.336 e. The Morgan fingerprint density at radius 2 is 1.82 bits per heavy atom. The third kappa shape index (κ3) is 3.98. The van der Waals surface area contributed by atoms with Crippen LogP contribution in [0, 0.1) is 0 Å². The molecule has 3 rings (SSSR count). The Labute approximate surface area is 171 Å². The van der Waals surface area contributed by atoms with Crippen LogP contribution in [-0.4, -0.2) is 21.1 Å². The summed E-state index contributed by atoms with van der Waals surface area (Å²) in [7, 11) is 0. The molecule has 0 aliphatic carbocycles. The lowest BCUT2D eigenvalue weighted by Crippen LogP contribution is -2.43. The summed E-state index contributed by atoms with van der Waals surface area (Å²) in [4.78, 5) is 38.6. The number of aromatic nitrogens is 2. The number of halogens is 2. The van der Waals surface area contributed by atoms with E-state index in [4.69, 9.17) is 23.2 Å². The van der Waals surface area contributed by atoms with Gasteiger partial charge in [-0.05, 0) is 49.7 Å². The van der Waals surface area contributed by atoms with Gasteiger partial charge >= 0.3 is 5.69 Å². The standard InChI is InChI=1S/C20H19Cl2N3O3/c1-3-12(2)23-18(26)11-24-17-10-14(22)7-8-16(17)19(27)25(20(24)28)15-6-4-5-13(21)9-15/h4-10,12H,3,11H2,1-2H3,(H,23,26)/t12-/m1/s1. The van der Waals surface area contributed by atoms with E-state index in [0.717, 1.165) is 11.0 Å². The van der Waals surface area contributed by atoms with Crippen molar-refractivity contribution in [1.29, 1.82) is 0 Å². The first-order valence-electron chi connectivity index (χ1n) is 8.82. The Morgan fingerprint density at radius 3 is 2.50 bits per heavy atom. The number of carbonyl (C=O) groups is 1. The van der Waals surface area contributed by atoms with Gasteiger partial charge in [-0.25, -0.2) is 9.36 Å². The molecule has 0 saturated carbocycles. The molecule has 0 saturated heterocycles. The van der Waals surface area contributed by atoms with E-state index in [0.29, 0.717) is 21.2 Å². The van der Waals surface area contributed by atoms with Crippen molar-refractivity contribution >= 4 is 40.0 Å². The van der Waals surface area contributed by atoms with Crippen LogP contribution in [0.25, 0.3) is 16.6 Å². The van der Waals surface area contributed by atoms with Crippen molar-refractivity contribution in [2.24, 2.45) is 0 Å². The molecule has 1 aromatic heterocycles. The predicted molar refractivity (Wildman–Crippen MR) is 112 cm³/mol. The minimum Gasteiger partial charge on any atom is -0.352 e. The number of fused-ring (bicyclic) bond motifs is 1. The summed E-state index contributed by atoms with van der Waals surface area (Å²) < 4.78 is 2.26. The number of rotatable bonds is 5. The van der Waals surface area contributed by atoms with Crippen LogP contribution in [0.3, 0.4) is 0 Å². The van der Waals surface area contributed by atoms with E-state index in [1.165, 1.54) is 16.7 Å². The fourth-order valence-corrected chi connectivity index (χ4v) is 3.25. The maximum absolute atomic E-state index is 13.2. The Balaban J connectivity index is 2.26. The molecule has 3 aromatic rings. The molecule has 1 heterocycles. The number of nitrogens with zero attached hydrogens (tertiary/aromatic N) is 2. The van der Waals surface area contributed by atoms with Gasteiger partial charge in [0.2, 0.25) is 5.91 Å². The van der Waals surface area contributed by atoms with Crippen LogP contribution < -0.4 is 16.6 Å². The average Bonchev–Trinajstić information content (AvgIpc) is 2.65. The maximum atomic E-state index is 13.2. The lowest BCUT2D eigenvalue weighted by Gasteiger charge is -2.16. The van der Waals surface area contributed by atoms with Crippen LogP contribution in [0.4, 0.5) is 0 Å². The van der Waals surface area contributed by atoms with Gasteiger partial charge in [0.1, 0.15) is 6.54 Å². The topological polar surface area (TPSA) is 73.1 Å². The van der Waals surface area contributed by atoms with Crippen LogP contribution in [0.5, 0.6) is 0 Å². The summed E-state index contributed by atoms with van der Waals surface area (Å²) in [6.07, 6.45) is 0.759. The highest BCUT2D eigenvalue weighted by Gasteiger charge is 2.17. The smallest absolute Gasteiger partial charge is 0.336 e. The normalized spacial score (nSPS) is 12.1. The fraction of sp³-hybridized carbons (Fsp3) is 0.250. The average molecular weight is 420 g/mol. The van der Waals surface area contributed by atoms with Gasteiger partial charge in [0, 0.05) is 16.1 Å². The number of amides is 1. The highest BCUT2D eigenvalue weighted by molar-refractivity contribution is 6.31. The molecule has 0 aliphatic heterocycles. The lowest BCUT2D eigenvalue weighted by molar-refractivity contribution is -0.122. The fourth-order valence-electron chi connectivity index (χ4n) is 2.90. The third-order valence-corrected chi connectivity index (χ3v) is 4.96. The first-order chi connectivity index (χ1) is 13.3. The second-order valence-electron chi connectivity index (χ2n) is 6.53. The second-order valence-corrected chi connectivity index (χ2v) is 7.40. The molecule has 0 fully saturated rings. The molecule has 8 heteroatoms. The van der Waals surface area contributed by atoms with E-state index in [1.807, 2.05) is 13.8 Å². The molecule has 146 valence electrons. The summed E-state index contributed by atoms with van der Waals surface area (Å²) in [6.45, 7) is 3.59. The van der Waals surface area contributed by atoms with Crippen LogP contribution >= 0.6 is 23.2 Å². The lowest BCUT2D eigenvalue weighted by atomic mass is 10.2. The van der Waals surface area contributed by atoms with Gasteiger partial charge in [-0.3, -0.25) is 14.2 Å². The molecule has 0 bridgehead atoms. The van der Waals surface area contributed by atoms with E-state index in [1.54, 1.807) is 30.3 Å². The quantitative estimate of drug-likeness (QED) is 0.688. The van der Waals surface area contributed by atoms with Crippen molar-refractivity contribution in [3.05, 3.63) is 73.3 Å². The first kappa shape index (κ1) is 20.2. The van der Waals surface area contributed by atoms with Gasteiger partial charge in [0.05, 0.1) is 16.6 Å². The number of benzene rings is 2. The highest BCUT2D eigenvalue weighted by Crippen LogP contribution is 2.17. The van der Waals surface area contributed by atoms with Gasteiger partial charge in [-0.15, -0.1) is 0 Å². The van der Waals surface area contributed by atoms with Crippen LogP contribution in [0.1, 0.15) is 20.3 Å². The third-order valence-electron chi connectivity index (χ3n) is 4.49. The molecule has 0 spiro atoms. The molecular weight excluding hydrogens is 401 g/mol. The van der Waals surface area contributed by atoms with Crippen molar-refractivity contribution in [3.8, 4) is 5.69 Å². The number of nitrogens with one attached hydrogen (secondary N) is 1. The summed E-state index contributed by atoms with van der Waals surface area (Å²) in [5.74, 6) is -0.325. The highest BCUT2D eigenvalue weighted by atomic mass is 35.5. The Morgan fingerprint density at radius 1 is 1.11 bits per heavy atom. The van der Waals surface area contributed by atoms with E-state index >= 15 is 0 Å². The van der Waals surface area contributed by atoms with Crippen LogP contribution in [0.2, 0.25) is 10.0 Å². The Hall–Kier alpha value is -2.57. The minimum atomic E-state index is -0.638. The van der Waals surface area contributed by atoms with Gasteiger partial charge in [-0.1, -0.05) is 36.2 Å². The summed E-state index contributed by atoms with van der Waals surface area (Å²) >= 11 is 12.1. The van der Waals surface area contributed by atoms with Crippen molar-refractivity contribution < 1.29 is 4.79 Å². The molecule has 28 heavy (non-hydrogen) atoms. The second kappa shape index (κ2) is 8.20. The molecular formula is C20H19Cl2N3O3.